The Bertz CT molecular complexity index is 316. The van der Waals surface area contributed by atoms with Gasteiger partial charge < -0.3 is 4.74 Å². The first kappa shape index (κ1) is 15.3. The van der Waals surface area contributed by atoms with E-state index in [2.05, 4.69) is 19.7 Å². The molecule has 1 aliphatic carbocycles. The van der Waals surface area contributed by atoms with E-state index in [-0.39, 0.29) is 5.82 Å². The first-order chi connectivity index (χ1) is 8.34. The second kappa shape index (κ2) is 9.18. The minimum atomic E-state index is -0.212. The second-order valence-electron chi connectivity index (χ2n) is 4.10. The average Bonchev–Trinajstić information content (AvgIpc) is 2.40. The van der Waals surface area contributed by atoms with E-state index in [4.69, 9.17) is 4.74 Å². The first-order valence-corrected chi connectivity index (χ1v) is 12.8. The SMILES string of the molecule is Fc1cc[c-]c(COC2CCCCC2)c1.[Zn+][Br]. The van der Waals surface area contributed by atoms with Crippen LogP contribution in [0.5, 0.6) is 0 Å². The van der Waals surface area contributed by atoms with Crippen LogP contribution in [0.1, 0.15) is 37.7 Å². The Kier molecular flexibility index (Phi) is 8.25. The van der Waals surface area contributed by atoms with Crippen molar-refractivity contribution in [1.29, 1.82) is 0 Å². The molecule has 0 spiro atoms. The maximum absolute atomic E-state index is 12.9. The molecule has 1 aromatic carbocycles. The van der Waals surface area contributed by atoms with Gasteiger partial charge in [0.05, 0.1) is 6.10 Å². The Hall–Kier alpha value is 0.213. The first-order valence-electron chi connectivity index (χ1n) is 5.89. The Morgan fingerprint density at radius 2 is 2.06 bits per heavy atom. The van der Waals surface area contributed by atoms with Crippen LogP contribution in [-0.2, 0) is 27.7 Å². The van der Waals surface area contributed by atoms with Crippen LogP contribution >= 0.6 is 13.6 Å². The fourth-order valence-corrected chi connectivity index (χ4v) is 2.01. The molecule has 0 aromatic heterocycles. The molecule has 0 unspecified atom stereocenters. The fourth-order valence-electron chi connectivity index (χ4n) is 2.01. The molecule has 1 aromatic rings. The van der Waals surface area contributed by atoms with Crippen LogP contribution in [0.3, 0.4) is 0 Å². The number of benzene rings is 1. The van der Waals surface area contributed by atoms with Crippen molar-refractivity contribution in [2.45, 2.75) is 44.8 Å². The second-order valence-corrected chi connectivity index (χ2v) is 4.10. The Morgan fingerprint density at radius 1 is 1.35 bits per heavy atom. The van der Waals surface area contributed by atoms with Gasteiger partial charge in [-0.2, -0.15) is 12.1 Å². The molecule has 2 rings (SSSR count). The van der Waals surface area contributed by atoms with Gasteiger partial charge in [0.15, 0.2) is 0 Å². The van der Waals surface area contributed by atoms with Crippen LogP contribution in [0.15, 0.2) is 18.2 Å². The molecule has 0 N–H and O–H groups in total. The van der Waals surface area contributed by atoms with Crippen molar-refractivity contribution in [2.75, 3.05) is 0 Å². The number of hydrogen-bond acceptors (Lipinski definition) is 1. The molecule has 1 saturated carbocycles. The summed E-state index contributed by atoms with van der Waals surface area (Å²) in [5.41, 5.74) is 0.806. The van der Waals surface area contributed by atoms with E-state index in [1.807, 2.05) is 0 Å². The number of rotatable bonds is 3. The molecule has 0 atom stereocenters. The summed E-state index contributed by atoms with van der Waals surface area (Å²) in [6, 6.07) is 7.49. The van der Waals surface area contributed by atoms with Crippen molar-refractivity contribution in [3.8, 4) is 0 Å². The Balaban J connectivity index is 0.000000686. The van der Waals surface area contributed by atoms with E-state index < -0.39 is 0 Å². The summed E-state index contributed by atoms with van der Waals surface area (Å²) in [5.74, 6) is -0.212. The fraction of sp³-hybridized carbons (Fsp3) is 0.538. The van der Waals surface area contributed by atoms with E-state index in [1.54, 1.807) is 6.07 Å². The van der Waals surface area contributed by atoms with Crippen molar-refractivity contribution < 1.29 is 25.5 Å². The third-order valence-electron chi connectivity index (χ3n) is 2.85. The normalized spacial score (nSPS) is 16.2. The molecule has 1 aliphatic rings. The van der Waals surface area contributed by atoms with E-state index in [0.717, 1.165) is 18.4 Å². The molecular weight excluding hydrogens is 336 g/mol. The Morgan fingerprint density at radius 3 is 2.71 bits per heavy atom. The zero-order valence-corrected chi connectivity index (χ0v) is 14.5. The molecule has 0 radical (unpaired) electrons. The van der Waals surface area contributed by atoms with Gasteiger partial charge in [0, 0.05) is 12.4 Å². The van der Waals surface area contributed by atoms with Crippen LogP contribution in [0.2, 0.25) is 0 Å². The summed E-state index contributed by atoms with van der Waals surface area (Å²) in [5, 5.41) is 0. The molecule has 0 heterocycles. The van der Waals surface area contributed by atoms with Crippen LogP contribution in [0.4, 0.5) is 4.39 Å². The summed E-state index contributed by atoms with van der Waals surface area (Å²) in [6.45, 7) is 0.489. The van der Waals surface area contributed by atoms with Crippen molar-refractivity contribution in [3.05, 3.63) is 35.6 Å². The van der Waals surface area contributed by atoms with Crippen molar-refractivity contribution in [1.82, 2.24) is 0 Å². The monoisotopic (exact) mass is 350 g/mol. The van der Waals surface area contributed by atoms with Gasteiger partial charge in [0.1, 0.15) is 0 Å². The summed E-state index contributed by atoms with van der Waals surface area (Å²) in [7, 11) is 0. The summed E-state index contributed by atoms with van der Waals surface area (Å²) < 4.78 is 18.6. The molecule has 0 saturated heterocycles. The molecule has 0 amide bonds. The predicted molar refractivity (Wildman–Crippen MR) is 65.8 cm³/mol. The molecular formula is C13H16BrFOZn. The van der Waals surface area contributed by atoms with Gasteiger partial charge in [-0.1, -0.05) is 19.3 Å². The topological polar surface area (TPSA) is 9.23 Å². The van der Waals surface area contributed by atoms with Crippen LogP contribution in [0.25, 0.3) is 0 Å². The quantitative estimate of drug-likeness (QED) is 0.581. The van der Waals surface area contributed by atoms with Gasteiger partial charge in [-0.3, -0.25) is 0 Å². The van der Waals surface area contributed by atoms with Gasteiger partial charge in [0.2, 0.25) is 0 Å². The minimum absolute atomic E-state index is 0.212. The summed E-state index contributed by atoms with van der Waals surface area (Å²) >= 11 is 4.25. The van der Waals surface area contributed by atoms with Gasteiger partial charge in [-0.25, -0.2) is 4.39 Å². The van der Waals surface area contributed by atoms with Crippen molar-refractivity contribution in [3.63, 3.8) is 0 Å². The van der Waals surface area contributed by atoms with Gasteiger partial charge in [0.25, 0.3) is 0 Å². The Labute approximate surface area is 119 Å². The third-order valence-corrected chi connectivity index (χ3v) is 2.85. The summed E-state index contributed by atoms with van der Waals surface area (Å²) in [4.78, 5) is 0. The predicted octanol–water partition coefficient (Wildman–Crippen LogP) is 4.32. The van der Waals surface area contributed by atoms with Gasteiger partial charge >= 0.3 is 30.0 Å². The average molecular weight is 353 g/mol. The number of ether oxygens (including phenoxy) is 1. The van der Waals surface area contributed by atoms with Crippen LogP contribution < -0.4 is 0 Å². The molecule has 1 nitrogen and oxygen atoms in total. The zero-order valence-electron chi connectivity index (χ0n) is 9.92. The molecule has 0 aliphatic heterocycles. The van der Waals surface area contributed by atoms with Crippen molar-refractivity contribution in [2.24, 2.45) is 0 Å². The maximum atomic E-state index is 12.9. The number of hydrogen-bond donors (Lipinski definition) is 0. The molecule has 1 fully saturated rings. The van der Waals surface area contributed by atoms with E-state index in [9.17, 15) is 4.39 Å². The van der Waals surface area contributed by atoms with E-state index in [1.165, 1.54) is 47.7 Å². The van der Waals surface area contributed by atoms with Crippen molar-refractivity contribution >= 4 is 13.6 Å². The van der Waals surface area contributed by atoms with Crippen LogP contribution in [-0.4, -0.2) is 6.10 Å². The van der Waals surface area contributed by atoms with E-state index in [0.29, 0.717) is 12.7 Å². The van der Waals surface area contributed by atoms with Gasteiger partial charge in [-0.05, 0) is 12.8 Å². The molecule has 0 bridgehead atoms. The third kappa shape index (κ3) is 6.08. The van der Waals surface area contributed by atoms with Gasteiger partial charge in [-0.15, -0.1) is 17.7 Å². The van der Waals surface area contributed by atoms with E-state index >= 15 is 0 Å². The zero-order chi connectivity index (χ0) is 12.5. The molecule has 17 heavy (non-hydrogen) atoms. The number of halogens is 2. The molecule has 4 heteroatoms. The standard InChI is InChI=1S/C13H16FO.BrH.Zn/c14-12-6-4-5-11(9-12)10-15-13-7-2-1-3-8-13;;/h4,6,9,13H,1-3,7-8,10H2;1H;/q-1;;+2/p-1. The van der Waals surface area contributed by atoms with Crippen LogP contribution in [0, 0.1) is 11.9 Å². The molecule has 90 valence electrons. The summed E-state index contributed by atoms with van der Waals surface area (Å²) in [6.07, 6.45) is 6.52.